The molecule has 0 radical (unpaired) electrons. The minimum absolute atomic E-state index is 0.652. The Hall–Kier alpha value is -2.97. The second kappa shape index (κ2) is 9.72. The molecule has 1 unspecified atom stereocenters. The summed E-state index contributed by atoms with van der Waals surface area (Å²) in [6, 6.07) is 51.0. The summed E-state index contributed by atoms with van der Waals surface area (Å²) in [4.78, 5) is 0.652. The molecule has 5 rings (SSSR count). The Balaban J connectivity index is 1.98. The normalized spacial score (nSPS) is 13.5. The van der Waals surface area contributed by atoms with Gasteiger partial charge in [-0.1, -0.05) is 0 Å². The van der Waals surface area contributed by atoms with Crippen LogP contribution in [0.15, 0.2) is 157 Å². The van der Waals surface area contributed by atoms with E-state index in [1.165, 1.54) is 0 Å². The quantitative estimate of drug-likeness (QED) is 0.273. The summed E-state index contributed by atoms with van der Waals surface area (Å²) in [7, 11) is 0. The molecule has 0 bridgehead atoms. The summed E-state index contributed by atoms with van der Waals surface area (Å²) in [5, 5.41) is 0. The third-order valence-corrected chi connectivity index (χ3v) is 25.6. The van der Waals surface area contributed by atoms with Gasteiger partial charge < -0.3 is 0 Å². The van der Waals surface area contributed by atoms with Crippen molar-refractivity contribution in [2.75, 3.05) is 0 Å². The maximum absolute atomic E-state index is 14.1. The molecule has 34 heavy (non-hydrogen) atoms. The Labute approximate surface area is 205 Å². The van der Waals surface area contributed by atoms with Gasteiger partial charge in [0.05, 0.1) is 0 Å². The molecular weight excluding hydrogens is 546 g/mol. The maximum atomic E-state index is 14.1. The first-order valence-electron chi connectivity index (χ1n) is 11.2. The molecule has 0 aliphatic rings. The summed E-state index contributed by atoms with van der Waals surface area (Å²) < 4.78 is 25.6. The monoisotopic (exact) mass is 570 g/mol. The zero-order valence-corrected chi connectivity index (χ0v) is 22.0. The van der Waals surface area contributed by atoms with Crippen LogP contribution in [0.2, 0.25) is 0 Å². The second-order valence-corrected chi connectivity index (χ2v) is 22.2. The van der Waals surface area contributed by atoms with Gasteiger partial charge in [-0.3, -0.25) is 0 Å². The van der Waals surface area contributed by atoms with E-state index in [4.69, 9.17) is 2.46 Å². The Bertz CT molecular complexity index is 1210. The fourth-order valence-corrected chi connectivity index (χ4v) is 25.3. The molecule has 0 heterocycles. The molecule has 5 aromatic carbocycles. The van der Waals surface area contributed by atoms with Crippen molar-refractivity contribution in [2.24, 2.45) is 0 Å². The molecule has 0 amide bonds. The van der Waals surface area contributed by atoms with E-state index < -0.39 is 28.9 Å². The summed E-state index contributed by atoms with van der Waals surface area (Å²) in [5.41, 5.74) is 0. The van der Waals surface area contributed by atoms with Gasteiger partial charge in [-0.25, -0.2) is 0 Å². The van der Waals surface area contributed by atoms with E-state index in [2.05, 4.69) is 48.5 Å². The van der Waals surface area contributed by atoms with Crippen LogP contribution in [0.4, 0.5) is 0 Å². The van der Waals surface area contributed by atoms with Crippen LogP contribution >= 0.6 is 0 Å². The van der Waals surface area contributed by atoms with E-state index in [1.807, 2.05) is 103 Å². The van der Waals surface area contributed by atoms with Crippen molar-refractivity contribution in [3.05, 3.63) is 152 Å². The Morgan fingerprint density at radius 2 is 0.676 bits per heavy atom. The van der Waals surface area contributed by atoms with Gasteiger partial charge in [0.2, 0.25) is 0 Å². The van der Waals surface area contributed by atoms with Crippen molar-refractivity contribution in [3.63, 3.8) is 0 Å². The predicted molar refractivity (Wildman–Crippen MR) is 144 cm³/mol. The van der Waals surface area contributed by atoms with Gasteiger partial charge in [-0.2, -0.15) is 0 Å². The second-order valence-electron chi connectivity index (χ2n) is 8.00. The van der Waals surface area contributed by atoms with Gasteiger partial charge in [0.25, 0.3) is 0 Å². The zero-order valence-electron chi connectivity index (χ0n) is 18.6. The van der Waals surface area contributed by atoms with E-state index in [9.17, 15) is 4.21 Å². The summed E-state index contributed by atoms with van der Waals surface area (Å²) in [6.45, 7) is 0. The molecule has 0 spiro atoms. The van der Waals surface area contributed by atoms with Crippen molar-refractivity contribution >= 4 is 42.9 Å². The van der Waals surface area contributed by atoms with Crippen LogP contribution < -0.4 is 14.0 Å². The topological polar surface area (TPSA) is 26.3 Å². The molecule has 4 heteroatoms. The van der Waals surface area contributed by atoms with E-state index in [-0.39, 0.29) is 0 Å². The van der Waals surface area contributed by atoms with Crippen molar-refractivity contribution in [3.8, 4) is 0 Å². The standard InChI is InChI=1S/C6H6O2S.4C6H5.Sb/c7-9(8)6-4-2-1-3-5-6;4*1-2-4-6-5-3-1;/h1-5H,(H,7,8);4*1-5H;/q;;;;;+1/p-1. The van der Waals surface area contributed by atoms with E-state index in [1.54, 1.807) is 0 Å². The Kier molecular flexibility index (Phi) is 6.52. The zero-order chi connectivity index (χ0) is 23.3. The van der Waals surface area contributed by atoms with Crippen molar-refractivity contribution in [1.29, 1.82) is 0 Å². The van der Waals surface area contributed by atoms with Crippen LogP contribution in [-0.2, 0) is 13.5 Å². The van der Waals surface area contributed by atoms with E-state index >= 15 is 0 Å². The summed E-state index contributed by atoms with van der Waals surface area (Å²) in [6.07, 6.45) is 0. The molecule has 0 saturated heterocycles. The van der Waals surface area contributed by atoms with Crippen molar-refractivity contribution in [2.45, 2.75) is 4.90 Å². The predicted octanol–water partition coefficient (Wildman–Crippen LogP) is 4.25. The SMILES string of the molecule is O=S([O][Sb]([c]1ccccc1)([c]1ccccc1)([c]1ccccc1)[c]1ccccc1)c1ccccc1. The summed E-state index contributed by atoms with van der Waals surface area (Å²) in [5.74, 6) is 0. The molecule has 0 aliphatic heterocycles. The molecule has 0 N–H and O–H groups in total. The van der Waals surface area contributed by atoms with Gasteiger partial charge in [-0.15, -0.1) is 0 Å². The average molecular weight is 571 g/mol. The van der Waals surface area contributed by atoms with Crippen LogP contribution in [0.3, 0.4) is 0 Å². The van der Waals surface area contributed by atoms with Crippen LogP contribution in [0.5, 0.6) is 0 Å². The van der Waals surface area contributed by atoms with E-state index in [0.717, 1.165) is 14.0 Å². The van der Waals surface area contributed by atoms with Crippen molar-refractivity contribution < 1.29 is 6.67 Å². The van der Waals surface area contributed by atoms with Gasteiger partial charge in [0, 0.05) is 0 Å². The third kappa shape index (κ3) is 3.65. The molecule has 5 aromatic rings. The van der Waals surface area contributed by atoms with Gasteiger partial charge in [0.1, 0.15) is 0 Å². The molecule has 0 fully saturated rings. The molecular formula is C30H25O2SSb. The fourth-order valence-electron chi connectivity index (χ4n) is 4.63. The number of rotatable bonds is 7. The molecule has 168 valence electrons. The molecule has 1 atom stereocenters. The number of hydrogen-bond acceptors (Lipinski definition) is 2. The molecule has 2 nitrogen and oxygen atoms in total. The Morgan fingerprint density at radius 3 is 0.971 bits per heavy atom. The minimum atomic E-state index is -5.12. The van der Waals surface area contributed by atoms with Gasteiger partial charge in [0.15, 0.2) is 0 Å². The number of hydrogen-bond donors (Lipinski definition) is 0. The van der Waals surface area contributed by atoms with Crippen LogP contribution in [0.25, 0.3) is 0 Å². The fraction of sp³-hybridized carbons (Fsp3) is 0. The first-order chi connectivity index (χ1) is 16.8. The first kappa shape index (κ1) is 22.8. The van der Waals surface area contributed by atoms with E-state index in [0.29, 0.717) is 4.90 Å². The van der Waals surface area contributed by atoms with Crippen molar-refractivity contribution in [1.82, 2.24) is 0 Å². The molecule has 0 aromatic heterocycles. The molecule has 0 saturated carbocycles. The number of benzene rings is 5. The third-order valence-electron chi connectivity index (χ3n) is 6.15. The van der Waals surface area contributed by atoms with Crippen LogP contribution in [0.1, 0.15) is 0 Å². The average Bonchev–Trinajstić information content (AvgIpc) is 2.94. The van der Waals surface area contributed by atoms with Crippen LogP contribution in [0, 0.1) is 0 Å². The van der Waals surface area contributed by atoms with Gasteiger partial charge >= 0.3 is 206 Å². The summed E-state index contributed by atoms with van der Waals surface area (Å²) >= 11 is -6.82. The first-order valence-corrected chi connectivity index (χ1v) is 18.4. The molecule has 0 aliphatic carbocycles. The van der Waals surface area contributed by atoms with Crippen LogP contribution in [-0.4, -0.2) is 22.0 Å². The van der Waals surface area contributed by atoms with Gasteiger partial charge in [-0.05, 0) is 0 Å². The Morgan fingerprint density at radius 1 is 0.412 bits per heavy atom.